The molecule has 8 heteroatoms. The van der Waals surface area contributed by atoms with Crippen LogP contribution in [-0.4, -0.2) is 47.8 Å². The first-order valence-corrected chi connectivity index (χ1v) is 10.2. The van der Waals surface area contributed by atoms with Crippen LogP contribution in [0.25, 0.3) is 5.69 Å². The van der Waals surface area contributed by atoms with Crippen LogP contribution in [0.3, 0.4) is 0 Å². The summed E-state index contributed by atoms with van der Waals surface area (Å²) in [5, 5.41) is 16.1. The number of hydrogen-bond acceptors (Lipinski definition) is 5. The molecule has 158 valence electrons. The molecule has 0 radical (unpaired) electrons. The summed E-state index contributed by atoms with van der Waals surface area (Å²) >= 11 is 0. The predicted octanol–water partition coefficient (Wildman–Crippen LogP) is 2.92. The van der Waals surface area contributed by atoms with Crippen molar-refractivity contribution in [1.29, 1.82) is 0 Å². The fourth-order valence-electron chi connectivity index (χ4n) is 3.74. The summed E-state index contributed by atoms with van der Waals surface area (Å²) in [6.07, 6.45) is 2.00. The Hall–Kier alpha value is -3.81. The van der Waals surface area contributed by atoms with Crippen molar-refractivity contribution in [3.05, 3.63) is 89.5 Å². The second-order valence-electron chi connectivity index (χ2n) is 7.59. The second kappa shape index (κ2) is 8.91. The van der Waals surface area contributed by atoms with Gasteiger partial charge in [0.25, 0.3) is 0 Å². The average Bonchev–Trinajstić information content (AvgIpc) is 3.42. The minimum atomic E-state index is -0.521. The number of carbonyl (C=O) groups is 1. The van der Waals surface area contributed by atoms with Crippen LogP contribution in [0, 0.1) is 13.8 Å². The zero-order valence-electron chi connectivity index (χ0n) is 17.9. The lowest BCUT2D eigenvalue weighted by Gasteiger charge is -2.24. The van der Waals surface area contributed by atoms with Crippen molar-refractivity contribution in [2.24, 2.45) is 0 Å². The maximum absolute atomic E-state index is 13.4. The van der Waals surface area contributed by atoms with Crippen molar-refractivity contribution in [2.75, 3.05) is 7.05 Å². The first-order chi connectivity index (χ1) is 15.0. The van der Waals surface area contributed by atoms with Gasteiger partial charge in [-0.3, -0.25) is 4.79 Å². The number of para-hydroxylation sites is 1. The molecule has 0 bridgehead atoms. The molecule has 1 unspecified atom stereocenters. The number of nitrogens with zero attached hydrogens (tertiary/aromatic N) is 7. The molecule has 0 aliphatic heterocycles. The van der Waals surface area contributed by atoms with Crippen molar-refractivity contribution >= 4 is 5.91 Å². The highest BCUT2D eigenvalue weighted by molar-refractivity contribution is 5.80. The van der Waals surface area contributed by atoms with Crippen LogP contribution in [-0.2, 0) is 17.8 Å². The van der Waals surface area contributed by atoms with E-state index in [4.69, 9.17) is 5.10 Å². The predicted molar refractivity (Wildman–Crippen MR) is 117 cm³/mol. The normalized spacial score (nSPS) is 12.0. The van der Waals surface area contributed by atoms with E-state index >= 15 is 0 Å². The van der Waals surface area contributed by atoms with Gasteiger partial charge in [-0.15, -0.1) is 5.10 Å². The van der Waals surface area contributed by atoms with Crippen molar-refractivity contribution < 1.29 is 4.79 Å². The number of likely N-dealkylation sites (N-methyl/N-ethyl adjacent to an activating group) is 1. The van der Waals surface area contributed by atoms with E-state index in [1.165, 1.54) is 11.0 Å². The number of aromatic nitrogens is 6. The van der Waals surface area contributed by atoms with Gasteiger partial charge in [-0.05, 0) is 42.0 Å². The molecule has 2 heterocycles. The Bertz CT molecular complexity index is 1140. The van der Waals surface area contributed by atoms with Crippen LogP contribution >= 0.6 is 0 Å². The third-order valence-corrected chi connectivity index (χ3v) is 5.45. The van der Waals surface area contributed by atoms with Gasteiger partial charge in [-0.2, -0.15) is 5.10 Å². The van der Waals surface area contributed by atoms with Gasteiger partial charge in [0.05, 0.1) is 11.4 Å². The van der Waals surface area contributed by atoms with E-state index in [9.17, 15) is 4.79 Å². The van der Waals surface area contributed by atoms with Gasteiger partial charge < -0.3 is 4.90 Å². The molecule has 31 heavy (non-hydrogen) atoms. The Balaban J connectivity index is 1.58. The van der Waals surface area contributed by atoms with Crippen LogP contribution in [0.2, 0.25) is 0 Å². The molecule has 0 aliphatic carbocycles. The molecule has 0 N–H and O–H groups in total. The largest absolute Gasteiger partial charge is 0.339 e. The molecule has 2 aromatic heterocycles. The Morgan fingerprint density at radius 2 is 1.71 bits per heavy atom. The summed E-state index contributed by atoms with van der Waals surface area (Å²) in [5.41, 5.74) is 5.01. The highest BCUT2D eigenvalue weighted by Gasteiger charge is 2.27. The number of tetrazole rings is 1. The zero-order valence-corrected chi connectivity index (χ0v) is 17.9. The van der Waals surface area contributed by atoms with Crippen molar-refractivity contribution in [3.63, 3.8) is 0 Å². The average molecular weight is 416 g/mol. The van der Waals surface area contributed by atoms with Gasteiger partial charge in [0.15, 0.2) is 0 Å². The van der Waals surface area contributed by atoms with Gasteiger partial charge in [0, 0.05) is 31.3 Å². The summed E-state index contributed by atoms with van der Waals surface area (Å²) in [6, 6.07) is 19.4. The first-order valence-electron chi connectivity index (χ1n) is 10.2. The molecular formula is C23H25N7O. The van der Waals surface area contributed by atoms with Crippen LogP contribution < -0.4 is 0 Å². The standard InChI is InChI=1S/C23H25N7O/c1-17-21(18(2)30(25-17)20-12-8-5-9-13-20)15-28(3)23(31)22(29-16-24-26-27-29)14-19-10-6-4-7-11-19/h4-13,16,22H,14-15H2,1-3H3. The number of amides is 1. The molecule has 0 aliphatic rings. The Labute approximate surface area is 181 Å². The maximum Gasteiger partial charge on any atom is 0.247 e. The Morgan fingerprint density at radius 3 is 2.35 bits per heavy atom. The smallest absolute Gasteiger partial charge is 0.247 e. The molecule has 1 atom stereocenters. The lowest BCUT2D eigenvalue weighted by Crippen LogP contribution is -2.35. The minimum Gasteiger partial charge on any atom is -0.339 e. The molecule has 1 amide bonds. The molecule has 4 aromatic rings. The molecule has 2 aromatic carbocycles. The van der Waals surface area contributed by atoms with E-state index in [1.54, 1.807) is 4.90 Å². The molecular weight excluding hydrogens is 390 g/mol. The summed E-state index contributed by atoms with van der Waals surface area (Å²) in [7, 11) is 1.81. The quantitative estimate of drug-likeness (QED) is 0.464. The number of hydrogen-bond donors (Lipinski definition) is 0. The van der Waals surface area contributed by atoms with E-state index < -0.39 is 6.04 Å². The van der Waals surface area contributed by atoms with Crippen LogP contribution in [0.15, 0.2) is 67.0 Å². The number of benzene rings is 2. The van der Waals surface area contributed by atoms with Crippen molar-refractivity contribution in [2.45, 2.75) is 32.9 Å². The van der Waals surface area contributed by atoms with E-state index in [-0.39, 0.29) is 5.91 Å². The van der Waals surface area contributed by atoms with Gasteiger partial charge in [-0.1, -0.05) is 48.5 Å². The number of carbonyl (C=O) groups excluding carboxylic acids is 1. The highest BCUT2D eigenvalue weighted by Crippen LogP contribution is 2.22. The fraction of sp³-hybridized carbons (Fsp3) is 0.261. The van der Waals surface area contributed by atoms with E-state index in [0.29, 0.717) is 13.0 Å². The SMILES string of the molecule is Cc1nn(-c2ccccc2)c(C)c1CN(C)C(=O)C(Cc1ccccc1)n1cnnn1. The maximum atomic E-state index is 13.4. The number of aryl methyl sites for hydroxylation is 1. The van der Waals surface area contributed by atoms with Gasteiger partial charge in [0.2, 0.25) is 5.91 Å². The zero-order chi connectivity index (χ0) is 21.8. The lowest BCUT2D eigenvalue weighted by molar-refractivity contribution is -0.134. The van der Waals surface area contributed by atoms with E-state index in [0.717, 1.165) is 28.2 Å². The van der Waals surface area contributed by atoms with Crippen molar-refractivity contribution in [3.8, 4) is 5.69 Å². The molecule has 4 rings (SSSR count). The fourth-order valence-corrected chi connectivity index (χ4v) is 3.74. The molecule has 0 spiro atoms. The van der Waals surface area contributed by atoms with Crippen molar-refractivity contribution in [1.82, 2.24) is 34.9 Å². The third kappa shape index (κ3) is 4.37. The Morgan fingerprint density at radius 1 is 1.03 bits per heavy atom. The van der Waals surface area contributed by atoms with Gasteiger partial charge in [0.1, 0.15) is 12.4 Å². The summed E-state index contributed by atoms with van der Waals surface area (Å²) in [6.45, 7) is 4.46. The second-order valence-corrected chi connectivity index (χ2v) is 7.59. The molecule has 0 saturated heterocycles. The summed E-state index contributed by atoms with van der Waals surface area (Å²) in [5.74, 6) is -0.0533. The van der Waals surface area contributed by atoms with Crippen LogP contribution in [0.4, 0.5) is 0 Å². The van der Waals surface area contributed by atoms with Gasteiger partial charge in [-0.25, -0.2) is 9.36 Å². The molecule has 0 fully saturated rings. The van der Waals surface area contributed by atoms with E-state index in [2.05, 4.69) is 15.5 Å². The molecule has 8 nitrogen and oxygen atoms in total. The third-order valence-electron chi connectivity index (χ3n) is 5.45. The first kappa shape index (κ1) is 20.5. The van der Waals surface area contributed by atoms with Crippen LogP contribution in [0.1, 0.15) is 28.6 Å². The monoisotopic (exact) mass is 415 g/mol. The topological polar surface area (TPSA) is 81.7 Å². The minimum absolute atomic E-state index is 0.0533. The van der Waals surface area contributed by atoms with Crippen LogP contribution in [0.5, 0.6) is 0 Å². The summed E-state index contributed by atoms with van der Waals surface area (Å²) in [4.78, 5) is 15.2. The Kier molecular flexibility index (Phi) is 5.88. The highest BCUT2D eigenvalue weighted by atomic mass is 16.2. The van der Waals surface area contributed by atoms with Gasteiger partial charge >= 0.3 is 0 Å². The molecule has 0 saturated carbocycles. The summed E-state index contributed by atoms with van der Waals surface area (Å²) < 4.78 is 3.45. The number of rotatable bonds is 7. The lowest BCUT2D eigenvalue weighted by atomic mass is 10.0. The van der Waals surface area contributed by atoms with E-state index in [1.807, 2.05) is 86.2 Å².